The average molecular weight is 291 g/mol. The van der Waals surface area contributed by atoms with Gasteiger partial charge in [0.25, 0.3) is 0 Å². The molecule has 1 N–H and O–H groups in total. The van der Waals surface area contributed by atoms with Gasteiger partial charge in [-0.1, -0.05) is 22.0 Å². The Morgan fingerprint density at radius 3 is 3.06 bits per heavy atom. The maximum atomic E-state index is 9.00. The third-order valence-electron chi connectivity index (χ3n) is 2.41. The van der Waals surface area contributed by atoms with E-state index in [2.05, 4.69) is 32.3 Å². The van der Waals surface area contributed by atoms with Gasteiger partial charge in [0, 0.05) is 23.4 Å². The molecular formula is C12H11BrN4. The monoisotopic (exact) mass is 290 g/mol. The number of imidazole rings is 1. The zero-order valence-electron chi connectivity index (χ0n) is 9.31. The Morgan fingerprint density at radius 1 is 1.53 bits per heavy atom. The molecule has 1 aromatic heterocycles. The van der Waals surface area contributed by atoms with Gasteiger partial charge < -0.3 is 5.32 Å². The van der Waals surface area contributed by atoms with E-state index in [9.17, 15) is 0 Å². The summed E-state index contributed by atoms with van der Waals surface area (Å²) in [6, 6.07) is 8.07. The van der Waals surface area contributed by atoms with Gasteiger partial charge in [-0.05, 0) is 24.7 Å². The van der Waals surface area contributed by atoms with E-state index in [0.29, 0.717) is 5.82 Å². The lowest BCUT2D eigenvalue weighted by Crippen LogP contribution is -2.09. The Hall–Kier alpha value is -1.64. The standard InChI is InChI=1S/C12H11BrN4/c1-15-8-9-2-3-10(13)6-11(9)17-5-4-16-12(17)7-14/h2-6,15H,8H2,1H3. The first-order valence-corrected chi connectivity index (χ1v) is 5.92. The van der Waals surface area contributed by atoms with Crippen LogP contribution in [0.15, 0.2) is 35.1 Å². The maximum Gasteiger partial charge on any atom is 0.217 e. The molecule has 4 nitrogen and oxygen atoms in total. The predicted molar refractivity (Wildman–Crippen MR) is 68.7 cm³/mol. The Bertz CT molecular complexity index is 568. The Kier molecular flexibility index (Phi) is 3.57. The van der Waals surface area contributed by atoms with Gasteiger partial charge in [-0.25, -0.2) is 4.98 Å². The minimum atomic E-state index is 0.389. The number of rotatable bonds is 3. The van der Waals surface area contributed by atoms with Crippen LogP contribution in [0.3, 0.4) is 0 Å². The summed E-state index contributed by atoms with van der Waals surface area (Å²) in [5, 5.41) is 12.1. The van der Waals surface area contributed by atoms with E-state index in [-0.39, 0.29) is 0 Å². The van der Waals surface area contributed by atoms with E-state index in [1.807, 2.05) is 25.2 Å². The van der Waals surface area contributed by atoms with Crippen molar-refractivity contribution in [3.63, 3.8) is 0 Å². The Labute approximate surface area is 108 Å². The van der Waals surface area contributed by atoms with Crippen LogP contribution in [0, 0.1) is 11.3 Å². The molecule has 0 amide bonds. The summed E-state index contributed by atoms with van der Waals surface area (Å²) in [7, 11) is 1.89. The fourth-order valence-corrected chi connectivity index (χ4v) is 2.03. The van der Waals surface area contributed by atoms with Crippen LogP contribution < -0.4 is 5.32 Å². The van der Waals surface area contributed by atoms with Crippen LogP contribution in [0.2, 0.25) is 0 Å². The van der Waals surface area contributed by atoms with Gasteiger partial charge in [0.15, 0.2) is 0 Å². The highest BCUT2D eigenvalue weighted by molar-refractivity contribution is 9.10. The number of hydrogen-bond acceptors (Lipinski definition) is 3. The summed E-state index contributed by atoms with van der Waals surface area (Å²) in [6.07, 6.45) is 3.42. The molecule has 0 aliphatic rings. The Morgan fingerprint density at radius 2 is 2.35 bits per heavy atom. The number of benzene rings is 1. The van der Waals surface area contributed by atoms with Crippen LogP contribution in [-0.2, 0) is 6.54 Å². The van der Waals surface area contributed by atoms with Gasteiger partial charge in [-0.15, -0.1) is 0 Å². The quantitative estimate of drug-likeness (QED) is 0.943. The first-order chi connectivity index (χ1) is 8.26. The van der Waals surface area contributed by atoms with E-state index >= 15 is 0 Å². The number of halogens is 1. The van der Waals surface area contributed by atoms with Crippen LogP contribution in [0.5, 0.6) is 0 Å². The highest BCUT2D eigenvalue weighted by atomic mass is 79.9. The topological polar surface area (TPSA) is 53.6 Å². The number of aromatic nitrogens is 2. The van der Waals surface area contributed by atoms with E-state index in [0.717, 1.165) is 22.3 Å². The lowest BCUT2D eigenvalue weighted by molar-refractivity contribution is 0.806. The third-order valence-corrected chi connectivity index (χ3v) is 2.91. The summed E-state index contributed by atoms with van der Waals surface area (Å²) in [5.74, 6) is 0.389. The van der Waals surface area contributed by atoms with Crippen molar-refractivity contribution in [2.75, 3.05) is 7.05 Å². The predicted octanol–water partition coefficient (Wildman–Crippen LogP) is 2.23. The van der Waals surface area contributed by atoms with Crippen LogP contribution >= 0.6 is 15.9 Å². The summed E-state index contributed by atoms with van der Waals surface area (Å²) >= 11 is 3.44. The van der Waals surface area contributed by atoms with E-state index in [4.69, 9.17) is 5.26 Å². The van der Waals surface area contributed by atoms with Crippen molar-refractivity contribution in [1.82, 2.24) is 14.9 Å². The first kappa shape index (κ1) is 11.8. The summed E-state index contributed by atoms with van der Waals surface area (Å²) in [4.78, 5) is 4.01. The van der Waals surface area contributed by atoms with Crippen molar-refractivity contribution in [2.45, 2.75) is 6.54 Å². The fraction of sp³-hybridized carbons (Fsp3) is 0.167. The minimum absolute atomic E-state index is 0.389. The van der Waals surface area contributed by atoms with Crippen LogP contribution in [0.4, 0.5) is 0 Å². The molecule has 0 aliphatic carbocycles. The second kappa shape index (κ2) is 5.13. The van der Waals surface area contributed by atoms with Crippen molar-refractivity contribution >= 4 is 15.9 Å². The molecule has 0 saturated heterocycles. The molecular weight excluding hydrogens is 280 g/mol. The number of nitrogens with zero attached hydrogens (tertiary/aromatic N) is 3. The summed E-state index contributed by atoms with van der Waals surface area (Å²) < 4.78 is 2.77. The lowest BCUT2D eigenvalue weighted by atomic mass is 10.1. The zero-order chi connectivity index (χ0) is 12.3. The largest absolute Gasteiger partial charge is 0.316 e. The van der Waals surface area contributed by atoms with Crippen LogP contribution in [0.25, 0.3) is 5.69 Å². The fourth-order valence-electron chi connectivity index (χ4n) is 1.68. The van der Waals surface area contributed by atoms with Crippen molar-refractivity contribution in [3.05, 3.63) is 46.5 Å². The molecule has 1 heterocycles. The average Bonchev–Trinajstić information content (AvgIpc) is 2.79. The second-order valence-electron chi connectivity index (χ2n) is 3.54. The first-order valence-electron chi connectivity index (χ1n) is 5.13. The molecule has 5 heteroatoms. The lowest BCUT2D eigenvalue weighted by Gasteiger charge is -2.11. The highest BCUT2D eigenvalue weighted by Gasteiger charge is 2.09. The van der Waals surface area contributed by atoms with E-state index in [1.54, 1.807) is 17.0 Å². The molecule has 0 spiro atoms. The molecule has 2 aromatic rings. The van der Waals surface area contributed by atoms with E-state index in [1.165, 1.54) is 0 Å². The summed E-state index contributed by atoms with van der Waals surface area (Å²) in [5.41, 5.74) is 2.08. The van der Waals surface area contributed by atoms with Crippen molar-refractivity contribution < 1.29 is 0 Å². The zero-order valence-corrected chi connectivity index (χ0v) is 10.9. The maximum absolute atomic E-state index is 9.00. The van der Waals surface area contributed by atoms with Gasteiger partial charge in [0.05, 0.1) is 5.69 Å². The van der Waals surface area contributed by atoms with Gasteiger partial charge in [-0.3, -0.25) is 4.57 Å². The molecule has 0 fully saturated rings. The summed E-state index contributed by atoms with van der Waals surface area (Å²) in [6.45, 7) is 0.742. The molecule has 1 aromatic carbocycles. The highest BCUT2D eigenvalue weighted by Crippen LogP contribution is 2.21. The van der Waals surface area contributed by atoms with Crippen molar-refractivity contribution in [2.24, 2.45) is 0 Å². The second-order valence-corrected chi connectivity index (χ2v) is 4.45. The molecule has 0 saturated carbocycles. The van der Waals surface area contributed by atoms with Crippen LogP contribution in [-0.4, -0.2) is 16.6 Å². The molecule has 0 bridgehead atoms. The molecule has 0 unspecified atom stereocenters. The van der Waals surface area contributed by atoms with Crippen molar-refractivity contribution in [1.29, 1.82) is 5.26 Å². The normalized spacial score (nSPS) is 10.2. The third kappa shape index (κ3) is 2.38. The molecule has 2 rings (SSSR count). The molecule has 86 valence electrons. The van der Waals surface area contributed by atoms with Gasteiger partial charge >= 0.3 is 0 Å². The smallest absolute Gasteiger partial charge is 0.217 e. The van der Waals surface area contributed by atoms with Gasteiger partial charge in [0.2, 0.25) is 5.82 Å². The minimum Gasteiger partial charge on any atom is -0.316 e. The molecule has 0 aliphatic heterocycles. The molecule has 0 radical (unpaired) electrons. The van der Waals surface area contributed by atoms with Gasteiger partial charge in [0.1, 0.15) is 6.07 Å². The number of hydrogen-bond donors (Lipinski definition) is 1. The van der Waals surface area contributed by atoms with Gasteiger partial charge in [-0.2, -0.15) is 5.26 Å². The number of nitriles is 1. The van der Waals surface area contributed by atoms with Crippen LogP contribution in [0.1, 0.15) is 11.4 Å². The molecule has 17 heavy (non-hydrogen) atoms. The SMILES string of the molecule is CNCc1ccc(Br)cc1-n1ccnc1C#N. The van der Waals surface area contributed by atoms with E-state index < -0.39 is 0 Å². The molecule has 0 atom stereocenters. The number of nitrogens with one attached hydrogen (secondary N) is 1. The Balaban J connectivity index is 2.57. The van der Waals surface area contributed by atoms with Crippen molar-refractivity contribution in [3.8, 4) is 11.8 Å².